The number of rotatable bonds is 3. The number of hydrogen-bond donors (Lipinski definition) is 2. The third-order valence-electron chi connectivity index (χ3n) is 5.79. The van der Waals surface area contributed by atoms with Gasteiger partial charge in [0.15, 0.2) is 0 Å². The van der Waals surface area contributed by atoms with Crippen molar-refractivity contribution in [2.75, 3.05) is 6.54 Å². The molecule has 2 aromatic carbocycles. The molecule has 142 valence electrons. The van der Waals surface area contributed by atoms with Crippen molar-refractivity contribution < 1.29 is 14.0 Å². The second kappa shape index (κ2) is 6.48. The minimum absolute atomic E-state index is 0.0850. The molecule has 3 aromatic rings. The molecule has 2 N–H and O–H groups in total. The quantitative estimate of drug-likeness (QED) is 0.737. The van der Waals surface area contributed by atoms with Crippen molar-refractivity contribution in [1.29, 1.82) is 0 Å². The number of aromatic nitrogens is 1. The zero-order valence-electron chi connectivity index (χ0n) is 15.2. The van der Waals surface area contributed by atoms with Gasteiger partial charge in [0.1, 0.15) is 11.5 Å². The molecular formula is C22H20FN3O2. The molecule has 1 atom stereocenters. The number of aromatic amines is 1. The van der Waals surface area contributed by atoms with Crippen LogP contribution in [0, 0.1) is 5.82 Å². The van der Waals surface area contributed by atoms with Crippen LogP contribution in [0.4, 0.5) is 4.39 Å². The number of likely N-dealkylation sites (tertiary alicyclic amines) is 1. The van der Waals surface area contributed by atoms with Crippen LogP contribution in [0.25, 0.3) is 10.9 Å². The molecule has 1 fully saturated rings. The Morgan fingerprint density at radius 1 is 1.07 bits per heavy atom. The van der Waals surface area contributed by atoms with E-state index in [0.717, 1.165) is 12.8 Å². The van der Waals surface area contributed by atoms with Crippen LogP contribution in [0.3, 0.4) is 0 Å². The number of H-pyrrole nitrogens is 1. The van der Waals surface area contributed by atoms with E-state index in [1.807, 2.05) is 17.0 Å². The van der Waals surface area contributed by atoms with Gasteiger partial charge in [0.25, 0.3) is 5.91 Å². The van der Waals surface area contributed by atoms with Gasteiger partial charge in [-0.3, -0.25) is 9.59 Å². The number of fused-ring (bicyclic) bond motifs is 2. The number of nitrogens with one attached hydrogen (secondary N) is 2. The molecule has 0 radical (unpaired) electrons. The lowest BCUT2D eigenvalue weighted by Gasteiger charge is -2.24. The van der Waals surface area contributed by atoms with Gasteiger partial charge in [0.05, 0.1) is 6.04 Å². The van der Waals surface area contributed by atoms with Crippen LogP contribution in [0.2, 0.25) is 0 Å². The number of nitrogens with zero attached hydrogens (tertiary/aromatic N) is 1. The number of carbonyl (C=O) groups is 2. The highest BCUT2D eigenvalue weighted by molar-refractivity contribution is 5.98. The maximum atomic E-state index is 13.3. The second-order valence-electron chi connectivity index (χ2n) is 7.67. The Kier molecular flexibility index (Phi) is 3.93. The van der Waals surface area contributed by atoms with E-state index in [9.17, 15) is 14.0 Å². The van der Waals surface area contributed by atoms with E-state index in [1.165, 1.54) is 23.3 Å². The van der Waals surface area contributed by atoms with Crippen LogP contribution >= 0.6 is 0 Å². The van der Waals surface area contributed by atoms with E-state index >= 15 is 0 Å². The predicted molar refractivity (Wildman–Crippen MR) is 103 cm³/mol. The first-order chi connectivity index (χ1) is 13.6. The summed E-state index contributed by atoms with van der Waals surface area (Å²) < 4.78 is 13.3. The summed E-state index contributed by atoms with van der Waals surface area (Å²) in [5.41, 5.74) is 3.69. The minimum Gasteiger partial charge on any atom is -0.351 e. The molecule has 1 aromatic heterocycles. The summed E-state index contributed by atoms with van der Waals surface area (Å²) in [6, 6.07) is 14.2. The molecule has 2 amide bonds. The normalized spacial score (nSPS) is 19.4. The van der Waals surface area contributed by atoms with Crippen molar-refractivity contribution in [2.24, 2.45) is 0 Å². The highest BCUT2D eigenvalue weighted by Gasteiger charge is 2.37. The summed E-state index contributed by atoms with van der Waals surface area (Å²) in [6.45, 7) is 0.526. The fourth-order valence-corrected chi connectivity index (χ4v) is 4.43. The second-order valence-corrected chi connectivity index (χ2v) is 7.67. The van der Waals surface area contributed by atoms with Crippen LogP contribution < -0.4 is 5.32 Å². The lowest BCUT2D eigenvalue weighted by molar-refractivity contribution is -0.129. The van der Waals surface area contributed by atoms with Crippen molar-refractivity contribution in [1.82, 2.24) is 15.2 Å². The third kappa shape index (κ3) is 2.95. The molecule has 5 rings (SSSR count). The minimum atomic E-state index is -0.340. The largest absolute Gasteiger partial charge is 0.351 e. The van der Waals surface area contributed by atoms with Gasteiger partial charge < -0.3 is 15.2 Å². The number of halogens is 1. The van der Waals surface area contributed by atoms with Crippen molar-refractivity contribution in [2.45, 2.75) is 31.3 Å². The first-order valence-corrected chi connectivity index (χ1v) is 9.52. The molecule has 1 aliphatic heterocycles. The molecule has 6 heteroatoms. The van der Waals surface area contributed by atoms with Gasteiger partial charge in [0.2, 0.25) is 5.91 Å². The number of carbonyl (C=O) groups excluding carboxylic acids is 2. The van der Waals surface area contributed by atoms with E-state index in [4.69, 9.17) is 0 Å². The summed E-state index contributed by atoms with van der Waals surface area (Å²) in [6.07, 6.45) is 2.06. The molecule has 2 aliphatic rings. The van der Waals surface area contributed by atoms with E-state index in [-0.39, 0.29) is 29.7 Å². The predicted octanol–water partition coefficient (Wildman–Crippen LogP) is 2.81. The molecule has 0 spiro atoms. The monoisotopic (exact) mass is 377 g/mol. The molecule has 1 aliphatic carbocycles. The average Bonchev–Trinajstić information content (AvgIpc) is 3.37. The molecule has 1 saturated heterocycles. The van der Waals surface area contributed by atoms with Gasteiger partial charge in [-0.05, 0) is 48.2 Å². The Morgan fingerprint density at radius 3 is 2.57 bits per heavy atom. The smallest absolute Gasteiger partial charge is 0.268 e. The third-order valence-corrected chi connectivity index (χ3v) is 5.79. The van der Waals surface area contributed by atoms with Gasteiger partial charge in [-0.15, -0.1) is 0 Å². The fourth-order valence-electron chi connectivity index (χ4n) is 4.43. The molecule has 2 heterocycles. The Labute approximate surface area is 161 Å². The van der Waals surface area contributed by atoms with Crippen LogP contribution in [0.15, 0.2) is 48.5 Å². The summed E-state index contributed by atoms with van der Waals surface area (Å²) in [5.74, 6) is -0.527. The van der Waals surface area contributed by atoms with Crippen LogP contribution in [-0.4, -0.2) is 40.3 Å². The van der Waals surface area contributed by atoms with E-state index in [0.29, 0.717) is 29.6 Å². The number of benzene rings is 2. The zero-order chi connectivity index (χ0) is 19.3. The summed E-state index contributed by atoms with van der Waals surface area (Å²) in [7, 11) is 0. The molecule has 0 saturated carbocycles. The average molecular weight is 377 g/mol. The Morgan fingerprint density at radius 2 is 1.82 bits per heavy atom. The maximum absolute atomic E-state index is 13.3. The molecule has 5 nitrogen and oxygen atoms in total. The molecule has 0 unspecified atom stereocenters. The molecular weight excluding hydrogens is 357 g/mol. The van der Waals surface area contributed by atoms with E-state index in [1.54, 1.807) is 12.1 Å². The number of amides is 2. The van der Waals surface area contributed by atoms with Crippen LogP contribution in [0.5, 0.6) is 0 Å². The van der Waals surface area contributed by atoms with Crippen LogP contribution in [0.1, 0.15) is 28.0 Å². The Hall–Kier alpha value is -3.15. The van der Waals surface area contributed by atoms with Crippen LogP contribution in [-0.2, 0) is 17.6 Å². The fraction of sp³-hybridized carbons (Fsp3) is 0.273. The summed E-state index contributed by atoms with van der Waals surface area (Å²) >= 11 is 0. The van der Waals surface area contributed by atoms with Crippen molar-refractivity contribution >= 4 is 22.7 Å². The highest BCUT2D eigenvalue weighted by atomic mass is 19.1. The number of hydrogen-bond acceptors (Lipinski definition) is 2. The highest BCUT2D eigenvalue weighted by Crippen LogP contribution is 2.28. The summed E-state index contributed by atoms with van der Waals surface area (Å²) in [5, 5.41) is 3.60. The maximum Gasteiger partial charge on any atom is 0.268 e. The van der Waals surface area contributed by atoms with Gasteiger partial charge in [-0.25, -0.2) is 4.39 Å². The van der Waals surface area contributed by atoms with E-state index in [2.05, 4.69) is 22.4 Å². The molecule has 28 heavy (non-hydrogen) atoms. The van der Waals surface area contributed by atoms with E-state index < -0.39 is 0 Å². The van der Waals surface area contributed by atoms with Gasteiger partial charge >= 0.3 is 0 Å². The first-order valence-electron chi connectivity index (χ1n) is 9.52. The summed E-state index contributed by atoms with van der Waals surface area (Å²) in [4.78, 5) is 30.1. The zero-order valence-corrected chi connectivity index (χ0v) is 15.2. The first kappa shape index (κ1) is 17.0. The van der Waals surface area contributed by atoms with Crippen molar-refractivity contribution in [3.63, 3.8) is 0 Å². The SMILES string of the molecule is O=C(N[C@H]1CC(=O)N(C2Cc3ccccc3C2)C1)c1cc2cc(F)ccc2[nH]1. The lowest BCUT2D eigenvalue weighted by Crippen LogP contribution is -2.41. The lowest BCUT2D eigenvalue weighted by atomic mass is 10.1. The standard InChI is InChI=1S/C22H20FN3O2/c23-16-5-6-19-15(7-16)10-20(25-19)22(28)24-17-11-21(27)26(12-17)18-8-13-3-1-2-4-14(13)9-18/h1-7,10,17-18,25H,8-9,11-12H2,(H,24,28)/t17-/m0/s1. The molecule has 0 bridgehead atoms. The topological polar surface area (TPSA) is 65.2 Å². The van der Waals surface area contributed by atoms with Gasteiger partial charge in [-0.2, -0.15) is 0 Å². The Bertz CT molecular complexity index is 1070. The van der Waals surface area contributed by atoms with Gasteiger partial charge in [-0.1, -0.05) is 24.3 Å². The van der Waals surface area contributed by atoms with Crippen molar-refractivity contribution in [3.8, 4) is 0 Å². The van der Waals surface area contributed by atoms with Gasteiger partial charge in [0, 0.05) is 29.9 Å². The van der Waals surface area contributed by atoms with Crippen molar-refractivity contribution in [3.05, 3.63) is 71.2 Å². The Balaban J connectivity index is 1.26.